The molecule has 1 atom stereocenters. The predicted octanol–water partition coefficient (Wildman–Crippen LogP) is 4.81. The standard InChI is InChI=1S/C24H33N5O2S/c1-15-17(3)28(13-20-10-7-11-31-20)23(21(15)12-25)27-22(30)14-32-24-26-16(2)18(4)29(24)19-8-5-6-9-19/h19-20H,5-11,13-14H2,1-4H3,(H,27,30). The Hall–Kier alpha value is -2.24. The van der Waals surface area contributed by atoms with E-state index in [1.54, 1.807) is 0 Å². The first-order valence-electron chi connectivity index (χ1n) is 11.6. The van der Waals surface area contributed by atoms with Crippen molar-refractivity contribution < 1.29 is 9.53 Å². The van der Waals surface area contributed by atoms with E-state index in [0.29, 0.717) is 24.0 Å². The number of hydrogen-bond acceptors (Lipinski definition) is 5. The number of nitrogens with one attached hydrogen (secondary N) is 1. The molecule has 2 aromatic heterocycles. The van der Waals surface area contributed by atoms with Gasteiger partial charge in [0.2, 0.25) is 5.91 Å². The predicted molar refractivity (Wildman–Crippen MR) is 126 cm³/mol. The fourth-order valence-corrected chi connectivity index (χ4v) is 5.90. The lowest BCUT2D eigenvalue weighted by molar-refractivity contribution is -0.113. The number of imidazole rings is 1. The second kappa shape index (κ2) is 9.72. The van der Waals surface area contributed by atoms with Crippen molar-refractivity contribution in [2.24, 2.45) is 0 Å². The van der Waals surface area contributed by atoms with Crippen LogP contribution in [0.2, 0.25) is 0 Å². The van der Waals surface area contributed by atoms with Gasteiger partial charge in [-0.2, -0.15) is 5.26 Å². The molecule has 2 fully saturated rings. The molecule has 7 nitrogen and oxygen atoms in total. The van der Waals surface area contributed by atoms with Gasteiger partial charge in [-0.3, -0.25) is 4.79 Å². The zero-order valence-electron chi connectivity index (χ0n) is 19.5. The van der Waals surface area contributed by atoms with Crippen LogP contribution in [0.5, 0.6) is 0 Å². The number of aromatic nitrogens is 3. The lowest BCUT2D eigenvalue weighted by Gasteiger charge is -2.18. The Morgan fingerprint density at radius 1 is 1.19 bits per heavy atom. The summed E-state index contributed by atoms with van der Waals surface area (Å²) in [6, 6.07) is 2.77. The molecule has 172 valence electrons. The van der Waals surface area contributed by atoms with Crippen molar-refractivity contribution in [3.63, 3.8) is 0 Å². The number of carbonyl (C=O) groups excluding carboxylic acids is 1. The first-order chi connectivity index (χ1) is 15.4. The summed E-state index contributed by atoms with van der Waals surface area (Å²) < 4.78 is 10.2. The van der Waals surface area contributed by atoms with E-state index in [2.05, 4.69) is 22.9 Å². The fourth-order valence-electron chi connectivity index (χ4n) is 4.94. The van der Waals surface area contributed by atoms with Crippen LogP contribution in [-0.2, 0) is 16.1 Å². The average Bonchev–Trinajstić information content (AvgIpc) is 3.55. The maximum Gasteiger partial charge on any atom is 0.235 e. The van der Waals surface area contributed by atoms with Gasteiger partial charge in [-0.25, -0.2) is 4.98 Å². The van der Waals surface area contributed by atoms with Crippen LogP contribution in [0.3, 0.4) is 0 Å². The third-order valence-corrected chi connectivity index (χ3v) is 7.94. The van der Waals surface area contributed by atoms with Gasteiger partial charge in [0, 0.05) is 24.0 Å². The smallest absolute Gasteiger partial charge is 0.235 e. The Balaban J connectivity index is 1.50. The lowest BCUT2D eigenvalue weighted by atomic mass is 10.2. The number of carbonyl (C=O) groups is 1. The van der Waals surface area contributed by atoms with Crippen LogP contribution >= 0.6 is 11.8 Å². The molecular formula is C24H33N5O2S. The Labute approximate surface area is 194 Å². The molecule has 2 aliphatic rings. The number of nitrogens with zero attached hydrogens (tertiary/aromatic N) is 4. The summed E-state index contributed by atoms with van der Waals surface area (Å²) in [4.78, 5) is 17.7. The van der Waals surface area contributed by atoms with Gasteiger partial charge in [0.25, 0.3) is 0 Å². The van der Waals surface area contributed by atoms with E-state index in [9.17, 15) is 10.1 Å². The van der Waals surface area contributed by atoms with Gasteiger partial charge in [0.15, 0.2) is 5.16 Å². The summed E-state index contributed by atoms with van der Waals surface area (Å²) in [5.41, 5.74) is 4.68. The molecule has 1 unspecified atom stereocenters. The molecule has 0 bridgehead atoms. The second-order valence-electron chi connectivity index (χ2n) is 9.00. The van der Waals surface area contributed by atoms with Crippen LogP contribution in [0.1, 0.15) is 72.8 Å². The van der Waals surface area contributed by atoms with Crippen molar-refractivity contribution in [2.45, 2.75) is 90.1 Å². The molecule has 4 rings (SSSR count). The van der Waals surface area contributed by atoms with Crippen LogP contribution in [0.15, 0.2) is 5.16 Å². The number of hydrogen-bond donors (Lipinski definition) is 1. The van der Waals surface area contributed by atoms with Crippen LogP contribution < -0.4 is 5.32 Å². The van der Waals surface area contributed by atoms with Gasteiger partial charge >= 0.3 is 0 Å². The molecule has 1 N–H and O–H groups in total. The van der Waals surface area contributed by atoms with E-state index in [4.69, 9.17) is 9.72 Å². The molecule has 32 heavy (non-hydrogen) atoms. The van der Waals surface area contributed by atoms with Gasteiger partial charge in [0.1, 0.15) is 11.9 Å². The first kappa shape index (κ1) is 22.9. The minimum absolute atomic E-state index is 0.117. The highest BCUT2D eigenvalue weighted by molar-refractivity contribution is 7.99. The van der Waals surface area contributed by atoms with Crippen LogP contribution in [0.25, 0.3) is 0 Å². The largest absolute Gasteiger partial charge is 0.376 e. The minimum Gasteiger partial charge on any atom is -0.376 e. The maximum atomic E-state index is 13.0. The summed E-state index contributed by atoms with van der Waals surface area (Å²) in [6.45, 7) is 9.52. The van der Waals surface area contributed by atoms with E-state index in [-0.39, 0.29) is 17.8 Å². The molecule has 3 heterocycles. The molecule has 1 aliphatic heterocycles. The Bertz CT molecular complexity index is 1040. The minimum atomic E-state index is -0.117. The zero-order chi connectivity index (χ0) is 22.8. The van der Waals surface area contributed by atoms with E-state index >= 15 is 0 Å². The van der Waals surface area contributed by atoms with Crippen LogP contribution in [-0.4, -0.2) is 38.5 Å². The second-order valence-corrected chi connectivity index (χ2v) is 9.94. The summed E-state index contributed by atoms with van der Waals surface area (Å²) in [5, 5.41) is 13.7. The van der Waals surface area contributed by atoms with Crippen LogP contribution in [0, 0.1) is 39.0 Å². The summed E-state index contributed by atoms with van der Waals surface area (Å²) in [7, 11) is 0. The topological polar surface area (TPSA) is 84.9 Å². The Kier molecular flexibility index (Phi) is 6.96. The summed E-state index contributed by atoms with van der Waals surface area (Å²) in [5.74, 6) is 0.736. The highest BCUT2D eigenvalue weighted by Gasteiger charge is 2.26. The SMILES string of the molecule is Cc1nc(SCC(=O)Nc2c(C#N)c(C)c(C)n2CC2CCCO2)n(C2CCCC2)c1C. The quantitative estimate of drug-likeness (QED) is 0.605. The number of amides is 1. The highest BCUT2D eigenvalue weighted by Crippen LogP contribution is 2.35. The molecule has 0 radical (unpaired) electrons. The van der Waals surface area contributed by atoms with E-state index in [0.717, 1.165) is 41.6 Å². The number of thioether (sulfide) groups is 1. The molecular weight excluding hydrogens is 422 g/mol. The van der Waals surface area contributed by atoms with Crippen molar-refractivity contribution in [2.75, 3.05) is 17.7 Å². The molecule has 8 heteroatoms. The average molecular weight is 456 g/mol. The van der Waals surface area contributed by atoms with Crippen molar-refractivity contribution in [1.29, 1.82) is 5.26 Å². The van der Waals surface area contributed by atoms with Crippen molar-refractivity contribution >= 4 is 23.5 Å². The van der Waals surface area contributed by atoms with Crippen LogP contribution in [0.4, 0.5) is 5.82 Å². The highest BCUT2D eigenvalue weighted by atomic mass is 32.2. The van der Waals surface area contributed by atoms with Gasteiger partial charge in [-0.05, 0) is 58.9 Å². The van der Waals surface area contributed by atoms with Gasteiger partial charge in [0.05, 0.1) is 29.7 Å². The Morgan fingerprint density at radius 3 is 2.59 bits per heavy atom. The number of rotatable bonds is 7. The Morgan fingerprint density at radius 2 is 1.94 bits per heavy atom. The first-order valence-corrected chi connectivity index (χ1v) is 12.6. The van der Waals surface area contributed by atoms with Gasteiger partial charge in [-0.1, -0.05) is 24.6 Å². The van der Waals surface area contributed by atoms with E-state index in [1.165, 1.54) is 43.1 Å². The maximum absolute atomic E-state index is 13.0. The molecule has 1 saturated carbocycles. The monoisotopic (exact) mass is 455 g/mol. The van der Waals surface area contributed by atoms with E-state index < -0.39 is 0 Å². The number of aryl methyl sites for hydroxylation is 1. The lowest BCUT2D eigenvalue weighted by Crippen LogP contribution is -2.22. The molecule has 2 aromatic rings. The molecule has 1 amide bonds. The number of nitriles is 1. The third-order valence-electron chi connectivity index (χ3n) is 6.99. The van der Waals surface area contributed by atoms with Crippen molar-refractivity contribution in [3.8, 4) is 6.07 Å². The number of anilines is 1. The molecule has 0 spiro atoms. The fraction of sp³-hybridized carbons (Fsp3) is 0.625. The van der Waals surface area contributed by atoms with Gasteiger partial charge in [-0.15, -0.1) is 0 Å². The normalized spacial score (nSPS) is 18.9. The molecule has 1 aliphatic carbocycles. The third kappa shape index (κ3) is 4.46. The van der Waals surface area contributed by atoms with Crippen molar-refractivity contribution in [3.05, 3.63) is 28.2 Å². The summed E-state index contributed by atoms with van der Waals surface area (Å²) in [6.07, 6.45) is 7.05. The van der Waals surface area contributed by atoms with Crippen molar-refractivity contribution in [1.82, 2.24) is 14.1 Å². The number of ether oxygens (including phenoxy) is 1. The van der Waals surface area contributed by atoms with Gasteiger partial charge < -0.3 is 19.2 Å². The molecule has 1 saturated heterocycles. The zero-order valence-corrected chi connectivity index (χ0v) is 20.3. The molecule has 0 aromatic carbocycles. The van der Waals surface area contributed by atoms with E-state index in [1.807, 2.05) is 25.3 Å². The summed E-state index contributed by atoms with van der Waals surface area (Å²) >= 11 is 1.48.